The fourth-order valence-electron chi connectivity index (χ4n) is 4.11. The molecule has 1 saturated carbocycles. The molecule has 1 saturated heterocycles. The van der Waals surface area contributed by atoms with Crippen LogP contribution in [0, 0.1) is 17.5 Å². The van der Waals surface area contributed by atoms with E-state index >= 15 is 0 Å². The van der Waals surface area contributed by atoms with Crippen LogP contribution in [0.1, 0.15) is 37.2 Å². The van der Waals surface area contributed by atoms with Crippen LogP contribution >= 0.6 is 0 Å². The number of alkyl carbamates (subject to hydrolysis) is 1. The van der Waals surface area contributed by atoms with E-state index in [1.807, 2.05) is 0 Å². The number of nitrogens with zero attached hydrogens (tertiary/aromatic N) is 1. The average molecular weight is 371 g/mol. The second kappa shape index (κ2) is 7.84. The van der Waals surface area contributed by atoms with Gasteiger partial charge in [-0.3, -0.25) is 4.90 Å². The second-order valence-electron chi connectivity index (χ2n) is 7.09. The van der Waals surface area contributed by atoms with E-state index in [0.717, 1.165) is 25.5 Å². The van der Waals surface area contributed by atoms with Gasteiger partial charge in [0.05, 0.1) is 0 Å². The molecule has 144 valence electrons. The molecule has 8 heteroatoms. The van der Waals surface area contributed by atoms with Crippen LogP contribution in [-0.2, 0) is 4.74 Å². The first kappa shape index (κ1) is 19.0. The molecule has 0 aromatic heterocycles. The van der Waals surface area contributed by atoms with Gasteiger partial charge in [0.2, 0.25) is 0 Å². The van der Waals surface area contributed by atoms with E-state index in [9.17, 15) is 18.0 Å². The minimum absolute atomic E-state index is 0.146. The van der Waals surface area contributed by atoms with Crippen LogP contribution in [0.4, 0.5) is 18.0 Å². The molecule has 1 heterocycles. The molecule has 0 spiro atoms. The second-order valence-corrected chi connectivity index (χ2v) is 7.09. The third-order valence-corrected chi connectivity index (χ3v) is 5.48. The van der Waals surface area contributed by atoms with Gasteiger partial charge in [-0.05, 0) is 37.3 Å². The van der Waals surface area contributed by atoms with Crippen molar-refractivity contribution in [1.29, 1.82) is 0 Å². The molecule has 1 aromatic carbocycles. The van der Waals surface area contributed by atoms with Crippen molar-refractivity contribution in [2.24, 2.45) is 5.73 Å². The molecule has 3 N–H and O–H groups in total. The van der Waals surface area contributed by atoms with Gasteiger partial charge in [-0.25, -0.2) is 18.0 Å². The van der Waals surface area contributed by atoms with Crippen LogP contribution in [0.15, 0.2) is 12.1 Å². The lowest BCUT2D eigenvalue weighted by Crippen LogP contribution is -2.45. The molecule has 2 fully saturated rings. The number of likely N-dealkylation sites (tertiary alicyclic amines) is 1. The maximum absolute atomic E-state index is 14.1. The van der Waals surface area contributed by atoms with E-state index in [1.165, 1.54) is 7.05 Å². The predicted octanol–water partition coefficient (Wildman–Crippen LogP) is 2.50. The van der Waals surface area contributed by atoms with Gasteiger partial charge in [0, 0.05) is 44.2 Å². The summed E-state index contributed by atoms with van der Waals surface area (Å²) < 4.78 is 46.0. The lowest BCUT2D eigenvalue weighted by molar-refractivity contribution is 0.0918. The van der Waals surface area contributed by atoms with Gasteiger partial charge >= 0.3 is 6.09 Å². The fourth-order valence-corrected chi connectivity index (χ4v) is 4.11. The molecule has 0 bridgehead atoms. The molecule has 1 amide bonds. The zero-order valence-electron chi connectivity index (χ0n) is 14.7. The predicted molar refractivity (Wildman–Crippen MR) is 90.2 cm³/mol. The Balaban J connectivity index is 1.61. The molecule has 1 unspecified atom stereocenters. The summed E-state index contributed by atoms with van der Waals surface area (Å²) in [6.45, 7) is 1.46. The number of hydrogen-bond donors (Lipinski definition) is 2. The summed E-state index contributed by atoms with van der Waals surface area (Å²) in [5.41, 5.74) is 6.41. The normalized spacial score (nSPS) is 29.6. The zero-order chi connectivity index (χ0) is 18.8. The summed E-state index contributed by atoms with van der Waals surface area (Å²) in [5, 5.41) is 2.44. The van der Waals surface area contributed by atoms with Crippen molar-refractivity contribution in [2.75, 3.05) is 20.1 Å². The van der Waals surface area contributed by atoms with Gasteiger partial charge in [-0.1, -0.05) is 0 Å². The monoisotopic (exact) mass is 371 g/mol. The van der Waals surface area contributed by atoms with Gasteiger partial charge in [0.25, 0.3) is 0 Å². The van der Waals surface area contributed by atoms with Crippen LogP contribution < -0.4 is 11.1 Å². The summed E-state index contributed by atoms with van der Waals surface area (Å²) >= 11 is 0. The summed E-state index contributed by atoms with van der Waals surface area (Å²) in [4.78, 5) is 13.6. The minimum atomic E-state index is -1.19. The van der Waals surface area contributed by atoms with Crippen molar-refractivity contribution in [3.05, 3.63) is 35.1 Å². The molecule has 26 heavy (non-hydrogen) atoms. The first-order valence-corrected chi connectivity index (χ1v) is 8.91. The molecule has 5 nitrogen and oxygen atoms in total. The van der Waals surface area contributed by atoms with Crippen LogP contribution in [0.3, 0.4) is 0 Å². The van der Waals surface area contributed by atoms with E-state index in [1.54, 1.807) is 0 Å². The summed E-state index contributed by atoms with van der Waals surface area (Å²) in [5.74, 6) is -3.32. The highest BCUT2D eigenvalue weighted by atomic mass is 19.2. The Labute approximate surface area is 150 Å². The number of benzene rings is 1. The van der Waals surface area contributed by atoms with Gasteiger partial charge < -0.3 is 15.8 Å². The molecule has 0 radical (unpaired) electrons. The molecule has 4 atom stereocenters. The molecule has 1 aliphatic carbocycles. The number of ether oxygens (including phenoxy) is 1. The SMILES string of the molecule is CNC(=O)O[C@H]1CCN([C@H]2CC[C@H](c3cc(F)c(F)cc3F)C(N)C2)C1. The van der Waals surface area contributed by atoms with Crippen molar-refractivity contribution in [2.45, 2.75) is 49.8 Å². The topological polar surface area (TPSA) is 67.6 Å². The lowest BCUT2D eigenvalue weighted by atomic mass is 9.77. The Morgan fingerprint density at radius 2 is 1.92 bits per heavy atom. The maximum Gasteiger partial charge on any atom is 0.407 e. The Bertz CT molecular complexity index is 673. The van der Waals surface area contributed by atoms with Crippen molar-refractivity contribution in [1.82, 2.24) is 10.2 Å². The standard InChI is InChI=1S/C18H24F3N3O2/c1-23-18(25)26-11-4-5-24(9-11)10-2-3-12(17(22)6-10)13-7-15(20)16(21)8-14(13)19/h7-8,10-12,17H,2-6,9,22H2,1H3,(H,23,25)/t10-,11-,12+,17?/m0/s1. The number of nitrogens with one attached hydrogen (secondary N) is 1. The van der Waals surface area contributed by atoms with E-state index in [2.05, 4.69) is 10.2 Å². The van der Waals surface area contributed by atoms with Crippen molar-refractivity contribution < 1.29 is 22.7 Å². The smallest absolute Gasteiger partial charge is 0.407 e. The Kier molecular flexibility index (Phi) is 5.72. The number of rotatable bonds is 3. The van der Waals surface area contributed by atoms with Gasteiger partial charge in [-0.15, -0.1) is 0 Å². The zero-order valence-corrected chi connectivity index (χ0v) is 14.7. The van der Waals surface area contributed by atoms with E-state index < -0.39 is 23.5 Å². The van der Waals surface area contributed by atoms with Crippen molar-refractivity contribution in [3.63, 3.8) is 0 Å². The fraction of sp³-hybridized carbons (Fsp3) is 0.611. The molecule has 2 aliphatic rings. The third kappa shape index (κ3) is 3.96. The van der Waals surface area contributed by atoms with Crippen LogP contribution in [0.2, 0.25) is 0 Å². The van der Waals surface area contributed by atoms with Crippen LogP contribution in [0.25, 0.3) is 0 Å². The minimum Gasteiger partial charge on any atom is -0.445 e. The molecule has 3 rings (SSSR count). The molecular formula is C18H24F3N3O2. The Morgan fingerprint density at radius 3 is 2.62 bits per heavy atom. The molecule has 1 aromatic rings. The first-order valence-electron chi connectivity index (χ1n) is 8.91. The number of halogens is 3. The average Bonchev–Trinajstić information content (AvgIpc) is 3.06. The van der Waals surface area contributed by atoms with Crippen LogP contribution in [0.5, 0.6) is 0 Å². The quantitative estimate of drug-likeness (QED) is 0.802. The van der Waals surface area contributed by atoms with Gasteiger partial charge in [0.1, 0.15) is 11.9 Å². The maximum atomic E-state index is 14.1. The van der Waals surface area contributed by atoms with Gasteiger partial charge in [-0.2, -0.15) is 0 Å². The van der Waals surface area contributed by atoms with E-state index in [0.29, 0.717) is 25.5 Å². The lowest BCUT2D eigenvalue weighted by Gasteiger charge is -2.38. The summed E-state index contributed by atoms with van der Waals surface area (Å²) in [7, 11) is 1.52. The highest BCUT2D eigenvalue weighted by Gasteiger charge is 2.37. The highest BCUT2D eigenvalue weighted by molar-refractivity contribution is 5.66. The van der Waals surface area contributed by atoms with Crippen molar-refractivity contribution in [3.8, 4) is 0 Å². The van der Waals surface area contributed by atoms with Crippen LogP contribution in [-0.4, -0.2) is 49.3 Å². The number of carbonyl (C=O) groups excluding carboxylic acids is 1. The number of hydrogen-bond acceptors (Lipinski definition) is 4. The molecule has 1 aliphatic heterocycles. The van der Waals surface area contributed by atoms with Crippen molar-refractivity contribution >= 4 is 6.09 Å². The summed E-state index contributed by atoms with van der Waals surface area (Å²) in [6, 6.07) is 1.39. The first-order chi connectivity index (χ1) is 12.4. The third-order valence-electron chi connectivity index (χ3n) is 5.48. The van der Waals surface area contributed by atoms with E-state index in [-0.39, 0.29) is 29.7 Å². The largest absolute Gasteiger partial charge is 0.445 e. The Hall–Kier alpha value is -1.80. The summed E-state index contributed by atoms with van der Waals surface area (Å²) in [6.07, 6.45) is 2.20. The molecular weight excluding hydrogens is 347 g/mol. The number of amides is 1. The highest BCUT2D eigenvalue weighted by Crippen LogP contribution is 2.37. The van der Waals surface area contributed by atoms with Gasteiger partial charge in [0.15, 0.2) is 11.6 Å². The number of carbonyl (C=O) groups is 1. The number of nitrogens with two attached hydrogens (primary N) is 1. The Morgan fingerprint density at radius 1 is 1.19 bits per heavy atom. The van der Waals surface area contributed by atoms with E-state index in [4.69, 9.17) is 10.5 Å².